The number of hydrogen-bond acceptors (Lipinski definition) is 13. The first kappa shape index (κ1) is 26.2. The normalized spacial score (nSPS) is 23.7. The Morgan fingerprint density at radius 2 is 1.53 bits per heavy atom. The third-order valence-electron chi connectivity index (χ3n) is 4.41. The van der Waals surface area contributed by atoms with Gasteiger partial charge in [-0.1, -0.05) is 0 Å². The number of rotatable bonds is 8. The standard InChI is InChI=1S/C20H21NO13/c1-9(23)30-15-16(31-10(2)24)18(32-11(3)25)20(34-17(15)19(26)29-4)33-14-6-5-13(21(27)28)7-12(14)8-22/h5-8,15-18,20H,1-4H3/t15-,16-,17-,18+,20+/m0/s1. The van der Waals surface area contributed by atoms with Gasteiger partial charge in [0.15, 0.2) is 24.6 Å². The minimum absolute atomic E-state index is 0.237. The Bertz CT molecular complexity index is 991. The number of nitro benzene ring substituents is 1. The Kier molecular flexibility index (Phi) is 8.61. The predicted octanol–water partition coefficient (Wildman–Crippen LogP) is 0.479. The molecule has 1 aliphatic rings. The molecule has 0 unspecified atom stereocenters. The highest BCUT2D eigenvalue weighted by atomic mass is 16.7. The van der Waals surface area contributed by atoms with Crippen LogP contribution in [0.3, 0.4) is 0 Å². The average molecular weight is 483 g/mol. The number of hydrogen-bond donors (Lipinski definition) is 0. The van der Waals surface area contributed by atoms with E-state index in [0.29, 0.717) is 0 Å². The van der Waals surface area contributed by atoms with Crippen molar-refractivity contribution in [3.8, 4) is 5.75 Å². The lowest BCUT2D eigenvalue weighted by molar-refractivity contribution is -0.384. The highest BCUT2D eigenvalue weighted by molar-refractivity contribution is 5.81. The van der Waals surface area contributed by atoms with E-state index < -0.39 is 65.2 Å². The number of esters is 4. The average Bonchev–Trinajstić information content (AvgIpc) is 2.76. The lowest BCUT2D eigenvalue weighted by Gasteiger charge is -2.43. The van der Waals surface area contributed by atoms with E-state index in [9.17, 15) is 34.1 Å². The predicted molar refractivity (Wildman–Crippen MR) is 106 cm³/mol. The van der Waals surface area contributed by atoms with Crippen molar-refractivity contribution in [3.63, 3.8) is 0 Å². The number of nitro groups is 1. The Morgan fingerprint density at radius 3 is 2.03 bits per heavy atom. The van der Waals surface area contributed by atoms with Gasteiger partial charge in [-0.25, -0.2) is 4.79 Å². The van der Waals surface area contributed by atoms with Crippen LogP contribution in [-0.4, -0.2) is 72.9 Å². The van der Waals surface area contributed by atoms with Crippen LogP contribution in [0.5, 0.6) is 5.75 Å². The molecule has 1 heterocycles. The van der Waals surface area contributed by atoms with E-state index in [1.807, 2.05) is 0 Å². The summed E-state index contributed by atoms with van der Waals surface area (Å²) in [5.74, 6) is -3.92. The quantitative estimate of drug-likeness (QED) is 0.164. The van der Waals surface area contributed by atoms with Crippen LogP contribution in [0.15, 0.2) is 18.2 Å². The van der Waals surface area contributed by atoms with Crippen molar-refractivity contribution in [2.24, 2.45) is 0 Å². The van der Waals surface area contributed by atoms with Crippen LogP contribution in [0.1, 0.15) is 31.1 Å². The monoisotopic (exact) mass is 483 g/mol. The topological polar surface area (TPSA) is 184 Å². The third kappa shape index (κ3) is 6.25. The van der Waals surface area contributed by atoms with E-state index >= 15 is 0 Å². The number of benzene rings is 1. The van der Waals surface area contributed by atoms with Crippen molar-refractivity contribution < 1.29 is 57.3 Å². The molecular weight excluding hydrogens is 462 g/mol. The van der Waals surface area contributed by atoms with Gasteiger partial charge in [0.25, 0.3) is 5.69 Å². The molecule has 5 atom stereocenters. The molecule has 0 N–H and O–H groups in total. The number of carbonyl (C=O) groups excluding carboxylic acids is 5. The summed E-state index contributed by atoms with van der Waals surface area (Å²) in [7, 11) is 1.02. The molecule has 0 spiro atoms. The molecule has 1 aromatic rings. The zero-order valence-electron chi connectivity index (χ0n) is 18.5. The van der Waals surface area contributed by atoms with E-state index in [1.54, 1.807) is 0 Å². The van der Waals surface area contributed by atoms with E-state index in [2.05, 4.69) is 4.74 Å². The van der Waals surface area contributed by atoms with Crippen LogP contribution in [0.25, 0.3) is 0 Å². The van der Waals surface area contributed by atoms with Gasteiger partial charge < -0.3 is 28.4 Å². The smallest absolute Gasteiger partial charge is 0.339 e. The highest BCUT2D eigenvalue weighted by Gasteiger charge is 2.55. The molecule has 0 aliphatic carbocycles. The fourth-order valence-corrected chi connectivity index (χ4v) is 3.15. The Balaban J connectivity index is 2.57. The number of ether oxygens (including phenoxy) is 6. The van der Waals surface area contributed by atoms with Crippen LogP contribution in [0.4, 0.5) is 5.69 Å². The minimum Gasteiger partial charge on any atom is -0.467 e. The summed E-state index contributed by atoms with van der Waals surface area (Å²) in [6, 6.07) is 3.05. The lowest BCUT2D eigenvalue weighted by Crippen LogP contribution is -2.64. The fourth-order valence-electron chi connectivity index (χ4n) is 3.15. The summed E-state index contributed by atoms with van der Waals surface area (Å²) >= 11 is 0. The number of aldehydes is 1. The molecule has 1 aromatic carbocycles. The molecule has 0 aromatic heterocycles. The van der Waals surface area contributed by atoms with Gasteiger partial charge in [0.2, 0.25) is 12.4 Å². The van der Waals surface area contributed by atoms with E-state index in [4.69, 9.17) is 23.7 Å². The second kappa shape index (κ2) is 11.2. The Morgan fingerprint density at radius 1 is 0.971 bits per heavy atom. The van der Waals surface area contributed by atoms with Crippen molar-refractivity contribution in [1.82, 2.24) is 0 Å². The third-order valence-corrected chi connectivity index (χ3v) is 4.41. The number of non-ortho nitro benzene ring substituents is 1. The highest BCUT2D eigenvalue weighted by Crippen LogP contribution is 2.32. The van der Waals surface area contributed by atoms with Crippen molar-refractivity contribution in [1.29, 1.82) is 0 Å². The molecule has 34 heavy (non-hydrogen) atoms. The molecular formula is C20H21NO13. The molecule has 1 saturated heterocycles. The number of nitrogens with zero attached hydrogens (tertiary/aromatic N) is 1. The first-order valence-electron chi connectivity index (χ1n) is 9.63. The van der Waals surface area contributed by atoms with E-state index in [-0.39, 0.29) is 17.6 Å². The van der Waals surface area contributed by atoms with Gasteiger partial charge in [-0.2, -0.15) is 0 Å². The SMILES string of the molecule is COC(=O)[C@H]1O[C@@H](Oc2ccc([N+](=O)[O-])cc2C=O)[C@H](OC(C)=O)[C@@H](OC(C)=O)[C@@H]1OC(C)=O. The largest absolute Gasteiger partial charge is 0.467 e. The fraction of sp³-hybridized carbons (Fsp3) is 0.450. The van der Waals surface area contributed by atoms with Crippen LogP contribution < -0.4 is 4.74 Å². The van der Waals surface area contributed by atoms with Gasteiger partial charge in [0.1, 0.15) is 5.75 Å². The molecule has 14 nitrogen and oxygen atoms in total. The van der Waals surface area contributed by atoms with Gasteiger partial charge in [0, 0.05) is 32.9 Å². The summed E-state index contributed by atoms with van der Waals surface area (Å²) in [5, 5.41) is 11.0. The van der Waals surface area contributed by atoms with Gasteiger partial charge in [-0.05, 0) is 6.07 Å². The first-order valence-corrected chi connectivity index (χ1v) is 9.63. The Labute approximate surface area is 192 Å². The number of methoxy groups -OCH3 is 1. The maximum atomic E-state index is 12.4. The van der Waals surface area contributed by atoms with Gasteiger partial charge in [0.05, 0.1) is 17.6 Å². The zero-order valence-corrected chi connectivity index (χ0v) is 18.5. The van der Waals surface area contributed by atoms with E-state index in [1.165, 1.54) is 0 Å². The lowest BCUT2D eigenvalue weighted by atomic mass is 9.97. The summed E-state index contributed by atoms with van der Waals surface area (Å²) in [6.45, 7) is 3.07. The molecule has 1 aliphatic heterocycles. The maximum absolute atomic E-state index is 12.4. The molecule has 14 heteroatoms. The number of carbonyl (C=O) groups is 5. The van der Waals surface area contributed by atoms with Crippen molar-refractivity contribution in [2.45, 2.75) is 51.5 Å². The summed E-state index contributed by atoms with van der Waals surface area (Å²) in [4.78, 5) is 69.3. The summed E-state index contributed by atoms with van der Waals surface area (Å²) in [5.41, 5.74) is -0.671. The molecule has 0 bridgehead atoms. The van der Waals surface area contributed by atoms with Crippen LogP contribution in [-0.2, 0) is 42.9 Å². The molecule has 2 rings (SSSR count). The zero-order chi connectivity index (χ0) is 25.6. The van der Waals surface area contributed by atoms with Crippen molar-refractivity contribution in [2.75, 3.05) is 7.11 Å². The summed E-state index contributed by atoms with van der Waals surface area (Å²) < 4.78 is 31.4. The summed E-state index contributed by atoms with van der Waals surface area (Å²) in [6.07, 6.45) is -7.92. The molecule has 184 valence electrons. The molecule has 0 radical (unpaired) electrons. The van der Waals surface area contributed by atoms with Crippen LogP contribution >= 0.6 is 0 Å². The van der Waals surface area contributed by atoms with Gasteiger partial charge >= 0.3 is 23.9 Å². The molecule has 0 saturated carbocycles. The van der Waals surface area contributed by atoms with Crippen molar-refractivity contribution >= 4 is 35.9 Å². The second-order valence-electron chi connectivity index (χ2n) is 6.89. The minimum atomic E-state index is -1.70. The van der Waals surface area contributed by atoms with Gasteiger partial charge in [-0.15, -0.1) is 0 Å². The first-order chi connectivity index (χ1) is 16.0. The maximum Gasteiger partial charge on any atom is 0.339 e. The van der Waals surface area contributed by atoms with Crippen molar-refractivity contribution in [3.05, 3.63) is 33.9 Å². The second-order valence-corrected chi connectivity index (χ2v) is 6.89. The van der Waals surface area contributed by atoms with Crippen LogP contribution in [0, 0.1) is 10.1 Å². The van der Waals surface area contributed by atoms with Gasteiger partial charge in [-0.3, -0.25) is 29.3 Å². The molecule has 1 fully saturated rings. The van der Waals surface area contributed by atoms with Crippen LogP contribution in [0.2, 0.25) is 0 Å². The van der Waals surface area contributed by atoms with E-state index in [0.717, 1.165) is 46.1 Å². The molecule has 0 amide bonds. The Hall–Kier alpha value is -4.07.